The molecule has 0 spiro atoms. The third kappa shape index (κ3) is 3.20. The molecule has 0 unspecified atom stereocenters. The molecule has 0 amide bonds. The first-order chi connectivity index (χ1) is 8.57. The van der Waals surface area contributed by atoms with Gasteiger partial charge in [-0.1, -0.05) is 0 Å². The third-order valence-electron chi connectivity index (χ3n) is 2.23. The van der Waals surface area contributed by atoms with Crippen LogP contribution in [0.25, 0.3) is 0 Å². The van der Waals surface area contributed by atoms with E-state index in [1.807, 2.05) is 0 Å². The molecule has 106 valence electrons. The van der Waals surface area contributed by atoms with E-state index >= 15 is 0 Å². The van der Waals surface area contributed by atoms with Crippen LogP contribution in [0.3, 0.4) is 0 Å². The van der Waals surface area contributed by atoms with Gasteiger partial charge < -0.3 is 5.11 Å². The molecule has 0 aliphatic rings. The van der Waals surface area contributed by atoms with Crippen molar-refractivity contribution >= 4 is 21.9 Å². The Morgan fingerprint density at radius 1 is 1.11 bits per heavy atom. The van der Waals surface area contributed by atoms with Gasteiger partial charge in [0.1, 0.15) is 11.4 Å². The fraction of sp³-hybridized carbons (Fsp3) is 0.300. The molecular formula is C10H5BrF6O2. The molecule has 1 N–H and O–H groups in total. The number of alkyl halides is 3. The number of carboxylic acid groups (broad SMARTS) is 1. The zero-order chi connectivity index (χ0) is 15.0. The highest BCUT2D eigenvalue weighted by molar-refractivity contribution is 9.10. The quantitative estimate of drug-likeness (QED) is 0.510. The second-order valence-corrected chi connectivity index (χ2v) is 4.29. The zero-order valence-electron chi connectivity index (χ0n) is 8.92. The van der Waals surface area contributed by atoms with Crippen molar-refractivity contribution in [2.75, 3.05) is 0 Å². The van der Waals surface area contributed by atoms with E-state index in [-0.39, 0.29) is 0 Å². The maximum Gasteiger partial charge on any atom is 0.422 e. The Bertz CT molecular complexity index is 526. The van der Waals surface area contributed by atoms with Crippen LogP contribution in [-0.4, -0.2) is 11.1 Å². The number of carboxylic acids is 1. The minimum Gasteiger partial charge on any atom is -0.481 e. The molecular weight excluding hydrogens is 346 g/mol. The van der Waals surface area contributed by atoms with E-state index in [4.69, 9.17) is 5.11 Å². The van der Waals surface area contributed by atoms with Crippen molar-refractivity contribution in [3.05, 3.63) is 33.1 Å². The van der Waals surface area contributed by atoms with Gasteiger partial charge in [0.25, 0.3) is 0 Å². The summed E-state index contributed by atoms with van der Waals surface area (Å²) in [6, 6.07) is 0. The fourth-order valence-electron chi connectivity index (χ4n) is 1.38. The summed E-state index contributed by atoms with van der Waals surface area (Å²) in [7, 11) is 0. The molecule has 9 heteroatoms. The SMILES string of the molecule is O=C(O)CCc1c(F)c(C(F)(F)F)c(F)c(F)c1Br. The van der Waals surface area contributed by atoms with Crippen molar-refractivity contribution < 1.29 is 36.2 Å². The molecule has 0 fully saturated rings. The van der Waals surface area contributed by atoms with Gasteiger partial charge in [-0.3, -0.25) is 4.79 Å². The van der Waals surface area contributed by atoms with Crippen LogP contribution in [0.1, 0.15) is 17.5 Å². The summed E-state index contributed by atoms with van der Waals surface area (Å²) in [5.41, 5.74) is -3.23. The zero-order valence-corrected chi connectivity index (χ0v) is 10.5. The molecule has 0 aromatic heterocycles. The molecule has 0 atom stereocenters. The van der Waals surface area contributed by atoms with Crippen LogP contribution in [0, 0.1) is 17.5 Å². The van der Waals surface area contributed by atoms with Gasteiger partial charge in [-0.25, -0.2) is 13.2 Å². The van der Waals surface area contributed by atoms with Crippen molar-refractivity contribution in [3.63, 3.8) is 0 Å². The molecule has 19 heavy (non-hydrogen) atoms. The first-order valence-corrected chi connectivity index (χ1v) is 5.50. The van der Waals surface area contributed by atoms with Crippen LogP contribution in [0.15, 0.2) is 4.47 Å². The summed E-state index contributed by atoms with van der Waals surface area (Å²) in [6.07, 6.45) is -6.85. The Morgan fingerprint density at radius 3 is 2.05 bits per heavy atom. The number of hydrogen-bond donors (Lipinski definition) is 1. The van der Waals surface area contributed by atoms with Crippen molar-refractivity contribution in [2.24, 2.45) is 0 Å². The number of aliphatic carboxylic acids is 1. The lowest BCUT2D eigenvalue weighted by Gasteiger charge is -2.14. The Labute approximate surface area is 111 Å². The molecule has 0 heterocycles. The largest absolute Gasteiger partial charge is 0.481 e. The smallest absolute Gasteiger partial charge is 0.422 e. The molecule has 0 saturated heterocycles. The predicted molar refractivity (Wildman–Crippen MR) is 55.0 cm³/mol. The lowest BCUT2D eigenvalue weighted by Crippen LogP contribution is -2.16. The Balaban J connectivity index is 3.48. The van der Waals surface area contributed by atoms with Gasteiger partial charge in [0, 0.05) is 12.0 Å². The Hall–Kier alpha value is -1.25. The lowest BCUT2D eigenvalue weighted by atomic mass is 10.0. The molecule has 0 aliphatic carbocycles. The fourth-order valence-corrected chi connectivity index (χ4v) is 1.93. The molecule has 1 aromatic rings. The van der Waals surface area contributed by atoms with Crippen LogP contribution >= 0.6 is 15.9 Å². The van der Waals surface area contributed by atoms with Crippen molar-refractivity contribution in [2.45, 2.75) is 19.0 Å². The molecule has 0 bridgehead atoms. The highest BCUT2D eigenvalue weighted by Gasteiger charge is 2.41. The van der Waals surface area contributed by atoms with Gasteiger partial charge in [0.2, 0.25) is 0 Å². The van der Waals surface area contributed by atoms with E-state index < -0.39 is 58.0 Å². The Kier molecular flexibility index (Phi) is 4.49. The summed E-state index contributed by atoms with van der Waals surface area (Å²) >= 11 is 2.42. The summed E-state index contributed by atoms with van der Waals surface area (Å²) < 4.78 is 76.4. The third-order valence-corrected chi connectivity index (χ3v) is 3.05. The molecule has 2 nitrogen and oxygen atoms in total. The van der Waals surface area contributed by atoms with Crippen LogP contribution in [0.2, 0.25) is 0 Å². The predicted octanol–water partition coefficient (Wildman–Crippen LogP) is 3.90. The first-order valence-electron chi connectivity index (χ1n) is 4.71. The molecule has 1 aromatic carbocycles. The van der Waals surface area contributed by atoms with E-state index in [9.17, 15) is 31.1 Å². The second-order valence-electron chi connectivity index (χ2n) is 3.50. The number of carbonyl (C=O) groups is 1. The second kappa shape index (κ2) is 5.40. The molecule has 0 saturated carbocycles. The summed E-state index contributed by atoms with van der Waals surface area (Å²) in [5.74, 6) is -7.70. The topological polar surface area (TPSA) is 37.3 Å². The average molecular weight is 351 g/mol. The lowest BCUT2D eigenvalue weighted by molar-refractivity contribution is -0.142. The number of rotatable bonds is 3. The van der Waals surface area contributed by atoms with Gasteiger partial charge in [0.15, 0.2) is 11.6 Å². The summed E-state index contributed by atoms with van der Waals surface area (Å²) in [6.45, 7) is 0. The van der Waals surface area contributed by atoms with Crippen molar-refractivity contribution in [1.29, 1.82) is 0 Å². The standard InChI is InChI=1S/C10H5BrF6O2/c11-6-3(1-2-4(18)19)7(12)5(10(15,16)17)8(13)9(6)14/h1-2H2,(H,18,19). The van der Waals surface area contributed by atoms with Crippen LogP contribution in [0.5, 0.6) is 0 Å². The van der Waals surface area contributed by atoms with Gasteiger partial charge in [-0.05, 0) is 22.4 Å². The first kappa shape index (κ1) is 15.8. The van der Waals surface area contributed by atoms with Crippen LogP contribution in [0.4, 0.5) is 26.3 Å². The minimum absolute atomic E-state index is 0.706. The van der Waals surface area contributed by atoms with E-state index in [1.54, 1.807) is 0 Å². The van der Waals surface area contributed by atoms with Gasteiger partial charge in [0.05, 0.1) is 4.47 Å². The maximum absolute atomic E-state index is 13.6. The highest BCUT2D eigenvalue weighted by atomic mass is 79.9. The van der Waals surface area contributed by atoms with E-state index in [1.165, 1.54) is 0 Å². The highest BCUT2D eigenvalue weighted by Crippen LogP contribution is 2.39. The van der Waals surface area contributed by atoms with E-state index in [2.05, 4.69) is 15.9 Å². The molecule has 1 rings (SSSR count). The normalized spacial score (nSPS) is 11.7. The van der Waals surface area contributed by atoms with Crippen molar-refractivity contribution in [3.8, 4) is 0 Å². The van der Waals surface area contributed by atoms with E-state index in [0.717, 1.165) is 0 Å². The minimum atomic E-state index is -5.42. The van der Waals surface area contributed by atoms with Gasteiger partial charge in [-0.2, -0.15) is 13.2 Å². The summed E-state index contributed by atoms with van der Waals surface area (Å²) in [5, 5.41) is 8.38. The number of halogens is 7. The van der Waals surface area contributed by atoms with Crippen LogP contribution < -0.4 is 0 Å². The molecule has 0 aliphatic heterocycles. The van der Waals surface area contributed by atoms with Gasteiger partial charge >= 0.3 is 12.1 Å². The number of hydrogen-bond acceptors (Lipinski definition) is 1. The molecule has 0 radical (unpaired) electrons. The number of benzene rings is 1. The van der Waals surface area contributed by atoms with E-state index in [0.29, 0.717) is 0 Å². The average Bonchev–Trinajstić information content (AvgIpc) is 2.24. The van der Waals surface area contributed by atoms with Crippen LogP contribution in [-0.2, 0) is 17.4 Å². The monoisotopic (exact) mass is 350 g/mol. The van der Waals surface area contributed by atoms with Crippen molar-refractivity contribution in [1.82, 2.24) is 0 Å². The Morgan fingerprint density at radius 2 is 1.63 bits per heavy atom. The maximum atomic E-state index is 13.6. The summed E-state index contributed by atoms with van der Waals surface area (Å²) in [4.78, 5) is 10.3. The van der Waals surface area contributed by atoms with Gasteiger partial charge in [-0.15, -0.1) is 0 Å².